The highest BCUT2D eigenvalue weighted by atomic mass is 19.1. The van der Waals surface area contributed by atoms with Crippen molar-refractivity contribution in [3.05, 3.63) is 53.2 Å². The van der Waals surface area contributed by atoms with Gasteiger partial charge in [-0.25, -0.2) is 14.4 Å². The average molecular weight is 571 g/mol. The maximum absolute atomic E-state index is 13.7. The number of nitrogens with zero attached hydrogens (tertiary/aromatic N) is 2. The molecule has 0 unspecified atom stereocenters. The number of hydrogen-bond donors (Lipinski definition) is 0. The van der Waals surface area contributed by atoms with Gasteiger partial charge in [-0.2, -0.15) is 0 Å². The summed E-state index contributed by atoms with van der Waals surface area (Å²) in [6.45, 7) is 14.1. The summed E-state index contributed by atoms with van der Waals surface area (Å²) in [6.07, 6.45) is 3.12. The van der Waals surface area contributed by atoms with Crippen LogP contribution in [0.25, 0.3) is 17.3 Å². The summed E-state index contributed by atoms with van der Waals surface area (Å²) in [5, 5.41) is 0. The molecule has 1 aliphatic rings. The monoisotopic (exact) mass is 570 g/mol. The van der Waals surface area contributed by atoms with Crippen LogP contribution >= 0.6 is 0 Å². The SMILES string of the molecule is Cc1nc(-c2ccc(F)cc2)c(/C=C/[C@H](C[C@H](CC2OCCCO2)OC(=O)C(C)C)OC(=O)C(C)C)c(C(C)C)n1. The highest BCUT2D eigenvalue weighted by Crippen LogP contribution is 2.30. The molecule has 0 radical (unpaired) electrons. The van der Waals surface area contributed by atoms with Crippen molar-refractivity contribution >= 4 is 18.0 Å². The lowest BCUT2D eigenvalue weighted by Gasteiger charge is -2.29. The van der Waals surface area contributed by atoms with E-state index in [0.29, 0.717) is 31.2 Å². The van der Waals surface area contributed by atoms with Crippen LogP contribution < -0.4 is 0 Å². The number of aromatic nitrogens is 2. The Bertz CT molecular complexity index is 1190. The Morgan fingerprint density at radius 3 is 2.17 bits per heavy atom. The maximum Gasteiger partial charge on any atom is 0.308 e. The Hall–Kier alpha value is -3.17. The van der Waals surface area contributed by atoms with Crippen LogP contribution in [0.4, 0.5) is 4.39 Å². The Morgan fingerprint density at radius 1 is 0.976 bits per heavy atom. The number of hydrogen-bond acceptors (Lipinski definition) is 8. The summed E-state index contributed by atoms with van der Waals surface area (Å²) >= 11 is 0. The number of benzene rings is 1. The van der Waals surface area contributed by atoms with Gasteiger partial charge in [-0.3, -0.25) is 9.59 Å². The van der Waals surface area contributed by atoms with Crippen molar-refractivity contribution in [3.8, 4) is 11.3 Å². The molecule has 2 aromatic rings. The molecule has 8 nitrogen and oxygen atoms in total. The molecule has 41 heavy (non-hydrogen) atoms. The molecule has 0 amide bonds. The van der Waals surface area contributed by atoms with Crippen LogP contribution in [-0.4, -0.2) is 53.6 Å². The van der Waals surface area contributed by atoms with E-state index in [4.69, 9.17) is 23.9 Å². The summed E-state index contributed by atoms with van der Waals surface area (Å²) in [5.41, 5.74) is 2.95. The Labute approximate surface area is 242 Å². The zero-order valence-electron chi connectivity index (χ0n) is 25.2. The Kier molecular flexibility index (Phi) is 12.0. The first-order chi connectivity index (χ1) is 19.4. The summed E-state index contributed by atoms with van der Waals surface area (Å²) in [7, 11) is 0. The molecule has 3 rings (SSSR count). The van der Waals surface area contributed by atoms with Gasteiger partial charge in [0.05, 0.1) is 36.4 Å². The lowest BCUT2D eigenvalue weighted by molar-refractivity contribution is -0.198. The van der Waals surface area contributed by atoms with Gasteiger partial charge in [0.15, 0.2) is 6.29 Å². The summed E-state index contributed by atoms with van der Waals surface area (Å²) < 4.78 is 36.9. The van der Waals surface area contributed by atoms with E-state index in [9.17, 15) is 14.0 Å². The van der Waals surface area contributed by atoms with Gasteiger partial charge >= 0.3 is 11.9 Å². The normalized spacial score (nSPS) is 16.0. The number of ether oxygens (including phenoxy) is 4. The molecule has 2 atom stereocenters. The van der Waals surface area contributed by atoms with Gasteiger partial charge in [0, 0.05) is 24.0 Å². The lowest BCUT2D eigenvalue weighted by atomic mass is 9.97. The second-order valence-corrected chi connectivity index (χ2v) is 11.3. The van der Waals surface area contributed by atoms with E-state index in [-0.39, 0.29) is 41.9 Å². The predicted octanol–water partition coefficient (Wildman–Crippen LogP) is 6.41. The zero-order valence-corrected chi connectivity index (χ0v) is 25.2. The number of aryl methyl sites for hydroxylation is 1. The molecule has 1 aromatic heterocycles. The summed E-state index contributed by atoms with van der Waals surface area (Å²) in [6, 6.07) is 6.15. The van der Waals surface area contributed by atoms with Gasteiger partial charge in [0.1, 0.15) is 23.8 Å². The Morgan fingerprint density at radius 2 is 1.59 bits per heavy atom. The fraction of sp³-hybridized carbons (Fsp3) is 0.562. The lowest BCUT2D eigenvalue weighted by Crippen LogP contribution is -2.34. The van der Waals surface area contributed by atoms with Crippen molar-refractivity contribution in [2.75, 3.05) is 13.2 Å². The molecule has 1 fully saturated rings. The molecule has 224 valence electrons. The number of esters is 2. The first-order valence-corrected chi connectivity index (χ1v) is 14.4. The molecule has 0 bridgehead atoms. The van der Waals surface area contributed by atoms with E-state index in [1.54, 1.807) is 45.9 Å². The molecular formula is C32H43FN2O6. The third-order valence-electron chi connectivity index (χ3n) is 6.57. The second kappa shape index (κ2) is 15.2. The van der Waals surface area contributed by atoms with Crippen LogP contribution in [0.5, 0.6) is 0 Å². The van der Waals surface area contributed by atoms with E-state index in [1.807, 2.05) is 26.8 Å². The van der Waals surface area contributed by atoms with Gasteiger partial charge in [-0.1, -0.05) is 47.6 Å². The standard InChI is InChI=1S/C32H43FN2O6/c1-19(2)29-27(30(35-22(7)34-29)23-9-11-24(33)12-10-23)14-13-25(40-31(36)20(3)4)17-26(41-32(37)21(5)6)18-28-38-15-8-16-39-28/h9-14,19-21,25-26,28H,8,15-18H2,1-7H3/b14-13+/t25-,26-/m1/s1. The Balaban J connectivity index is 2.00. The summed E-state index contributed by atoms with van der Waals surface area (Å²) in [4.78, 5) is 34.7. The zero-order chi connectivity index (χ0) is 30.1. The van der Waals surface area contributed by atoms with Crippen LogP contribution in [0.1, 0.15) is 83.8 Å². The molecule has 0 saturated carbocycles. The van der Waals surface area contributed by atoms with Crippen LogP contribution in [0.2, 0.25) is 0 Å². The fourth-order valence-corrected chi connectivity index (χ4v) is 4.33. The van der Waals surface area contributed by atoms with E-state index in [1.165, 1.54) is 12.1 Å². The smallest absolute Gasteiger partial charge is 0.308 e. The van der Waals surface area contributed by atoms with E-state index < -0.39 is 18.5 Å². The summed E-state index contributed by atoms with van der Waals surface area (Å²) in [5.74, 6) is -1.08. The van der Waals surface area contributed by atoms with Crippen molar-refractivity contribution in [2.45, 2.75) is 92.1 Å². The minimum atomic E-state index is -0.721. The van der Waals surface area contributed by atoms with E-state index in [0.717, 1.165) is 23.2 Å². The number of carbonyl (C=O) groups is 2. The molecule has 0 aliphatic carbocycles. The maximum atomic E-state index is 13.7. The van der Waals surface area contributed by atoms with Crippen molar-refractivity contribution in [1.82, 2.24) is 9.97 Å². The first kappa shape index (κ1) is 32.3. The van der Waals surface area contributed by atoms with Gasteiger partial charge in [0.2, 0.25) is 0 Å². The van der Waals surface area contributed by atoms with Crippen molar-refractivity contribution in [1.29, 1.82) is 0 Å². The molecule has 2 heterocycles. The third kappa shape index (κ3) is 9.71. The molecule has 0 spiro atoms. The van der Waals surface area contributed by atoms with Crippen LogP contribution in [0.3, 0.4) is 0 Å². The van der Waals surface area contributed by atoms with Crippen molar-refractivity contribution in [3.63, 3.8) is 0 Å². The molecule has 1 aromatic carbocycles. The van der Waals surface area contributed by atoms with Crippen molar-refractivity contribution in [2.24, 2.45) is 11.8 Å². The topological polar surface area (TPSA) is 96.8 Å². The van der Waals surface area contributed by atoms with Gasteiger partial charge in [-0.05, 0) is 49.6 Å². The van der Waals surface area contributed by atoms with Crippen LogP contribution in [0, 0.1) is 24.6 Å². The van der Waals surface area contributed by atoms with Crippen LogP contribution in [0.15, 0.2) is 30.3 Å². The predicted molar refractivity (Wildman–Crippen MR) is 154 cm³/mol. The van der Waals surface area contributed by atoms with E-state index in [2.05, 4.69) is 4.98 Å². The van der Waals surface area contributed by atoms with Gasteiger partial charge < -0.3 is 18.9 Å². The first-order valence-electron chi connectivity index (χ1n) is 14.4. The highest BCUT2D eigenvalue weighted by molar-refractivity contribution is 5.75. The van der Waals surface area contributed by atoms with Gasteiger partial charge in [-0.15, -0.1) is 0 Å². The number of rotatable bonds is 12. The quantitative estimate of drug-likeness (QED) is 0.270. The van der Waals surface area contributed by atoms with Gasteiger partial charge in [0.25, 0.3) is 0 Å². The molecule has 9 heteroatoms. The number of carbonyl (C=O) groups excluding carboxylic acids is 2. The largest absolute Gasteiger partial charge is 0.462 e. The third-order valence-corrected chi connectivity index (χ3v) is 6.57. The molecule has 1 aliphatic heterocycles. The second-order valence-electron chi connectivity index (χ2n) is 11.3. The fourth-order valence-electron chi connectivity index (χ4n) is 4.33. The van der Waals surface area contributed by atoms with Crippen LogP contribution in [-0.2, 0) is 28.5 Å². The highest BCUT2D eigenvalue weighted by Gasteiger charge is 2.28. The molecular weight excluding hydrogens is 527 g/mol. The molecule has 0 N–H and O–H groups in total. The minimum absolute atomic E-state index is 0.0626. The van der Waals surface area contributed by atoms with Crippen molar-refractivity contribution < 1.29 is 32.9 Å². The minimum Gasteiger partial charge on any atom is -0.462 e. The number of halogens is 1. The van der Waals surface area contributed by atoms with E-state index >= 15 is 0 Å². The molecule has 1 saturated heterocycles. The average Bonchev–Trinajstić information content (AvgIpc) is 2.92.